The van der Waals surface area contributed by atoms with Crippen molar-refractivity contribution >= 4 is 5.91 Å². The van der Waals surface area contributed by atoms with E-state index in [9.17, 15) is 10.1 Å². The molecule has 0 fully saturated rings. The van der Waals surface area contributed by atoms with E-state index in [0.717, 1.165) is 5.56 Å². The summed E-state index contributed by atoms with van der Waals surface area (Å²) in [7, 11) is 0. The maximum absolute atomic E-state index is 11.4. The number of benzene rings is 1. The van der Waals surface area contributed by atoms with Gasteiger partial charge in [0.05, 0.1) is 12.2 Å². The smallest absolute Gasteiger partial charge is 0.287 e. The van der Waals surface area contributed by atoms with E-state index < -0.39 is 5.91 Å². The number of pyridine rings is 1. The van der Waals surface area contributed by atoms with E-state index in [2.05, 4.69) is 21.3 Å². The maximum atomic E-state index is 11.4. The molecule has 0 spiro atoms. The average molecular weight is 406 g/mol. The first kappa shape index (κ1) is 21.0. The zero-order valence-electron chi connectivity index (χ0n) is 17.0. The molecule has 3 rings (SSSR count). The van der Waals surface area contributed by atoms with Crippen LogP contribution in [0.2, 0.25) is 0 Å². The monoisotopic (exact) mass is 406 g/mol. The van der Waals surface area contributed by atoms with Gasteiger partial charge in [0.1, 0.15) is 36.1 Å². The largest absolute Gasteiger partial charge is 0.490 e. The van der Waals surface area contributed by atoms with E-state index in [1.165, 1.54) is 10.9 Å². The summed E-state index contributed by atoms with van der Waals surface area (Å²) in [5.41, 5.74) is 6.86. The molecule has 0 aliphatic carbocycles. The molecule has 2 heterocycles. The highest BCUT2D eigenvalue weighted by Gasteiger charge is 2.15. The molecule has 0 unspecified atom stereocenters. The lowest BCUT2D eigenvalue weighted by Gasteiger charge is -2.19. The number of nitriles is 1. The normalized spacial score (nSPS) is 11.1. The molecule has 0 saturated heterocycles. The third-order valence-corrected chi connectivity index (χ3v) is 4.09. The van der Waals surface area contributed by atoms with Gasteiger partial charge in [0.25, 0.3) is 5.91 Å². The summed E-state index contributed by atoms with van der Waals surface area (Å²) < 4.78 is 12.8. The molecule has 154 valence electrons. The highest BCUT2D eigenvalue weighted by atomic mass is 16.5. The number of aromatic nitrogens is 4. The maximum Gasteiger partial charge on any atom is 0.287 e. The topological polar surface area (TPSA) is 129 Å². The molecule has 1 aromatic carbocycles. The van der Waals surface area contributed by atoms with Crippen molar-refractivity contribution in [3.63, 3.8) is 0 Å². The van der Waals surface area contributed by atoms with Crippen LogP contribution in [0, 0.1) is 11.3 Å². The van der Waals surface area contributed by atoms with Crippen molar-refractivity contribution in [3.8, 4) is 28.8 Å². The van der Waals surface area contributed by atoms with Crippen LogP contribution in [0.3, 0.4) is 0 Å². The van der Waals surface area contributed by atoms with Gasteiger partial charge in [0.2, 0.25) is 5.82 Å². The molecule has 30 heavy (non-hydrogen) atoms. The number of ether oxygens (including phenoxy) is 2. The summed E-state index contributed by atoms with van der Waals surface area (Å²) >= 11 is 0. The zero-order chi connectivity index (χ0) is 21.7. The van der Waals surface area contributed by atoms with Gasteiger partial charge >= 0.3 is 0 Å². The van der Waals surface area contributed by atoms with Gasteiger partial charge in [-0.05, 0) is 39.0 Å². The Morgan fingerprint density at radius 3 is 2.67 bits per heavy atom. The highest BCUT2D eigenvalue weighted by molar-refractivity contribution is 5.89. The van der Waals surface area contributed by atoms with Crippen LogP contribution in [0.25, 0.3) is 16.9 Å². The van der Waals surface area contributed by atoms with Gasteiger partial charge in [-0.3, -0.25) is 9.36 Å². The minimum Gasteiger partial charge on any atom is -0.490 e. The van der Waals surface area contributed by atoms with Gasteiger partial charge in [0, 0.05) is 17.3 Å². The molecule has 2 aromatic heterocycles. The summed E-state index contributed by atoms with van der Waals surface area (Å²) in [5, 5.41) is 17.1. The molecule has 1 amide bonds. The zero-order valence-corrected chi connectivity index (χ0v) is 17.0. The predicted octanol–water partition coefficient (Wildman–Crippen LogP) is 2.49. The molecule has 9 nitrogen and oxygen atoms in total. The van der Waals surface area contributed by atoms with Crippen molar-refractivity contribution in [1.29, 1.82) is 5.26 Å². The highest BCUT2D eigenvalue weighted by Crippen LogP contribution is 2.30. The van der Waals surface area contributed by atoms with Crippen LogP contribution in [0.5, 0.6) is 5.75 Å². The number of carbonyl (C=O) groups excluding carboxylic acids is 1. The van der Waals surface area contributed by atoms with Crippen molar-refractivity contribution in [3.05, 3.63) is 54.2 Å². The summed E-state index contributed by atoms with van der Waals surface area (Å²) in [6.07, 6.45) is 2.96. The van der Waals surface area contributed by atoms with Gasteiger partial charge in [-0.25, -0.2) is 4.98 Å². The number of amides is 1. The molecule has 0 atom stereocenters. The Hall–Kier alpha value is -3.77. The number of carbonyl (C=O) groups is 1. The second-order valence-corrected chi connectivity index (χ2v) is 7.39. The van der Waals surface area contributed by atoms with Crippen LogP contribution in [-0.4, -0.2) is 44.5 Å². The van der Waals surface area contributed by atoms with E-state index in [0.29, 0.717) is 35.9 Å². The lowest BCUT2D eigenvalue weighted by atomic mass is 10.0. The standard InChI is InChI=1S/C21H22N6O3/c1-21(2,3)30-10-9-29-17-6-4-5-15(16(17)11-22)14-7-8-18(24-12-14)27-13-25-26-20(27)19(23)28/h4-8,12-13H,9-10H2,1-3H3,(H2,23,28). The Balaban J connectivity index is 1.83. The number of rotatable bonds is 7. The van der Waals surface area contributed by atoms with Crippen LogP contribution >= 0.6 is 0 Å². The van der Waals surface area contributed by atoms with Crippen molar-refractivity contribution in [2.24, 2.45) is 5.73 Å². The number of nitrogens with zero attached hydrogens (tertiary/aromatic N) is 5. The lowest BCUT2D eigenvalue weighted by Crippen LogP contribution is -2.22. The summed E-state index contributed by atoms with van der Waals surface area (Å²) in [5.74, 6) is 0.195. The van der Waals surface area contributed by atoms with Crippen molar-refractivity contribution in [2.75, 3.05) is 13.2 Å². The van der Waals surface area contributed by atoms with Crippen LogP contribution in [0.4, 0.5) is 0 Å². The van der Waals surface area contributed by atoms with Crippen molar-refractivity contribution < 1.29 is 14.3 Å². The van der Waals surface area contributed by atoms with Crippen LogP contribution in [-0.2, 0) is 4.74 Å². The first-order valence-corrected chi connectivity index (χ1v) is 9.26. The molecule has 3 aromatic rings. The Labute approximate surface area is 174 Å². The quantitative estimate of drug-likeness (QED) is 0.597. The molecule has 2 N–H and O–H groups in total. The first-order valence-electron chi connectivity index (χ1n) is 9.26. The molecule has 0 saturated carbocycles. The summed E-state index contributed by atoms with van der Waals surface area (Å²) in [6, 6.07) is 11.1. The first-order chi connectivity index (χ1) is 14.3. The Morgan fingerprint density at radius 2 is 2.03 bits per heavy atom. The van der Waals surface area contributed by atoms with Gasteiger partial charge < -0.3 is 15.2 Å². The van der Waals surface area contributed by atoms with Gasteiger partial charge in [0.15, 0.2) is 0 Å². The molecule has 0 bridgehead atoms. The molecule has 9 heteroatoms. The van der Waals surface area contributed by atoms with Crippen molar-refractivity contribution in [2.45, 2.75) is 26.4 Å². The fourth-order valence-corrected chi connectivity index (χ4v) is 2.77. The van der Waals surface area contributed by atoms with Crippen LogP contribution in [0.15, 0.2) is 42.9 Å². The van der Waals surface area contributed by atoms with E-state index in [-0.39, 0.29) is 11.4 Å². The van der Waals surface area contributed by atoms with Gasteiger partial charge in [-0.1, -0.05) is 12.1 Å². The second-order valence-electron chi connectivity index (χ2n) is 7.39. The van der Waals surface area contributed by atoms with Crippen LogP contribution in [0.1, 0.15) is 37.0 Å². The number of hydrogen-bond donors (Lipinski definition) is 1. The predicted molar refractivity (Wildman–Crippen MR) is 109 cm³/mol. The number of nitrogens with two attached hydrogens (primary N) is 1. The van der Waals surface area contributed by atoms with Gasteiger partial charge in [-0.2, -0.15) is 5.26 Å². The second kappa shape index (κ2) is 8.71. The summed E-state index contributed by atoms with van der Waals surface area (Å²) in [6.45, 7) is 6.65. The Kier molecular flexibility index (Phi) is 6.09. The van der Waals surface area contributed by atoms with Crippen molar-refractivity contribution in [1.82, 2.24) is 19.7 Å². The number of hydrogen-bond acceptors (Lipinski definition) is 7. The van der Waals surface area contributed by atoms with Gasteiger partial charge in [-0.15, -0.1) is 10.2 Å². The molecule has 0 radical (unpaired) electrons. The average Bonchev–Trinajstić information content (AvgIpc) is 3.20. The molecular weight excluding hydrogens is 384 g/mol. The fraction of sp³-hybridized carbons (Fsp3) is 0.286. The minimum absolute atomic E-state index is 0.0131. The fourth-order valence-electron chi connectivity index (χ4n) is 2.77. The van der Waals surface area contributed by atoms with E-state index in [1.807, 2.05) is 32.9 Å². The Morgan fingerprint density at radius 1 is 1.23 bits per heavy atom. The summed E-state index contributed by atoms with van der Waals surface area (Å²) in [4.78, 5) is 15.8. The molecule has 0 aliphatic rings. The third-order valence-electron chi connectivity index (χ3n) is 4.09. The lowest BCUT2D eigenvalue weighted by molar-refractivity contribution is -0.0163. The molecule has 0 aliphatic heterocycles. The number of primary amides is 1. The minimum atomic E-state index is -0.703. The SMILES string of the molecule is CC(C)(C)OCCOc1cccc(-c2ccc(-n3cnnc3C(N)=O)nc2)c1C#N. The van der Waals surface area contributed by atoms with E-state index in [1.54, 1.807) is 24.4 Å². The molecular formula is C21H22N6O3. The third kappa shape index (κ3) is 4.79. The Bertz CT molecular complexity index is 1080. The van der Waals surface area contributed by atoms with Crippen LogP contribution < -0.4 is 10.5 Å². The van der Waals surface area contributed by atoms with E-state index in [4.69, 9.17) is 15.2 Å². The van der Waals surface area contributed by atoms with E-state index >= 15 is 0 Å².